The van der Waals surface area contributed by atoms with Gasteiger partial charge in [0.05, 0.1) is 11.8 Å². The average molecular weight is 262 g/mol. The van der Waals surface area contributed by atoms with Crippen LogP contribution in [0.3, 0.4) is 0 Å². The van der Waals surface area contributed by atoms with Crippen LogP contribution in [-0.2, 0) is 6.54 Å². The lowest BCUT2D eigenvalue weighted by molar-refractivity contribution is 0.529. The van der Waals surface area contributed by atoms with E-state index in [9.17, 15) is 0 Å². The smallest absolute Gasteiger partial charge is 0.148 e. The minimum Gasteiger partial charge on any atom is -0.469 e. The van der Waals surface area contributed by atoms with E-state index < -0.39 is 0 Å². The van der Waals surface area contributed by atoms with Crippen LogP contribution in [0.5, 0.6) is 0 Å². The Balaban J connectivity index is 2.27. The standard InChI is InChI=1S/C13H12ClN3O/c1-9-11(4-6-18-9)8-17(2)13-12(14)10(7-15)3-5-16-13/h3-6H,8H2,1-2H3. The molecule has 2 aromatic rings. The largest absolute Gasteiger partial charge is 0.469 e. The fraction of sp³-hybridized carbons (Fsp3) is 0.231. The molecule has 0 amide bonds. The molecule has 0 saturated carbocycles. The van der Waals surface area contributed by atoms with Crippen molar-refractivity contribution in [3.63, 3.8) is 0 Å². The summed E-state index contributed by atoms with van der Waals surface area (Å²) in [6, 6.07) is 5.55. The van der Waals surface area contributed by atoms with Gasteiger partial charge in [0.15, 0.2) is 0 Å². The number of anilines is 1. The minimum atomic E-state index is 0.378. The lowest BCUT2D eigenvalue weighted by atomic mass is 10.2. The molecule has 18 heavy (non-hydrogen) atoms. The first kappa shape index (κ1) is 12.5. The lowest BCUT2D eigenvalue weighted by Crippen LogP contribution is -2.18. The quantitative estimate of drug-likeness (QED) is 0.852. The molecule has 0 aliphatic carbocycles. The maximum atomic E-state index is 8.93. The van der Waals surface area contributed by atoms with Crippen LogP contribution in [0.25, 0.3) is 0 Å². The van der Waals surface area contributed by atoms with Gasteiger partial charge in [-0.1, -0.05) is 11.6 Å². The van der Waals surface area contributed by atoms with Gasteiger partial charge in [-0.15, -0.1) is 0 Å². The number of furan rings is 1. The second-order valence-corrected chi connectivity index (χ2v) is 4.34. The lowest BCUT2D eigenvalue weighted by Gasteiger charge is -2.19. The van der Waals surface area contributed by atoms with Crippen LogP contribution in [-0.4, -0.2) is 12.0 Å². The summed E-state index contributed by atoms with van der Waals surface area (Å²) in [5.41, 5.74) is 1.50. The molecule has 2 heterocycles. The van der Waals surface area contributed by atoms with Crippen molar-refractivity contribution in [2.45, 2.75) is 13.5 Å². The molecule has 0 aromatic carbocycles. The zero-order valence-electron chi connectivity index (χ0n) is 10.1. The van der Waals surface area contributed by atoms with Gasteiger partial charge >= 0.3 is 0 Å². The van der Waals surface area contributed by atoms with Gasteiger partial charge in [0.2, 0.25) is 0 Å². The van der Waals surface area contributed by atoms with E-state index in [4.69, 9.17) is 21.3 Å². The van der Waals surface area contributed by atoms with E-state index in [-0.39, 0.29) is 0 Å². The predicted octanol–water partition coefficient (Wildman–Crippen LogP) is 3.14. The summed E-state index contributed by atoms with van der Waals surface area (Å²) in [7, 11) is 1.88. The molecule has 0 aliphatic heterocycles. The SMILES string of the molecule is Cc1occc1CN(C)c1nccc(C#N)c1Cl. The Kier molecular flexibility index (Phi) is 3.54. The van der Waals surface area contributed by atoms with Crippen LogP contribution in [0.1, 0.15) is 16.9 Å². The number of pyridine rings is 1. The molecule has 5 heteroatoms. The normalized spacial score (nSPS) is 10.1. The van der Waals surface area contributed by atoms with Gasteiger partial charge in [-0.2, -0.15) is 5.26 Å². The van der Waals surface area contributed by atoms with E-state index >= 15 is 0 Å². The molecule has 0 atom stereocenters. The summed E-state index contributed by atoms with van der Waals surface area (Å²) >= 11 is 6.13. The van der Waals surface area contributed by atoms with Crippen molar-refractivity contribution >= 4 is 17.4 Å². The Morgan fingerprint density at radius 3 is 2.89 bits per heavy atom. The molecule has 0 fully saturated rings. The van der Waals surface area contributed by atoms with E-state index in [1.807, 2.05) is 31.0 Å². The molecular weight excluding hydrogens is 250 g/mol. The molecule has 0 aliphatic rings. The fourth-order valence-corrected chi connectivity index (χ4v) is 1.99. The molecule has 0 saturated heterocycles. The molecular formula is C13H12ClN3O. The molecule has 92 valence electrons. The highest BCUT2D eigenvalue weighted by Crippen LogP contribution is 2.27. The zero-order chi connectivity index (χ0) is 13.1. The van der Waals surface area contributed by atoms with E-state index in [0.29, 0.717) is 22.9 Å². The molecule has 0 spiro atoms. The first-order valence-electron chi connectivity index (χ1n) is 5.42. The van der Waals surface area contributed by atoms with Crippen LogP contribution in [0.4, 0.5) is 5.82 Å². The van der Waals surface area contributed by atoms with Gasteiger partial charge in [-0.05, 0) is 19.1 Å². The summed E-state index contributed by atoms with van der Waals surface area (Å²) in [5.74, 6) is 1.46. The third kappa shape index (κ3) is 2.31. The van der Waals surface area contributed by atoms with Crippen molar-refractivity contribution in [1.82, 2.24) is 4.98 Å². The van der Waals surface area contributed by atoms with E-state index in [1.165, 1.54) is 0 Å². The van der Waals surface area contributed by atoms with Crippen LogP contribution in [0, 0.1) is 18.3 Å². The zero-order valence-corrected chi connectivity index (χ0v) is 10.9. The number of hydrogen-bond acceptors (Lipinski definition) is 4. The highest BCUT2D eigenvalue weighted by molar-refractivity contribution is 6.34. The van der Waals surface area contributed by atoms with E-state index in [1.54, 1.807) is 18.5 Å². The van der Waals surface area contributed by atoms with Crippen molar-refractivity contribution < 1.29 is 4.42 Å². The molecule has 2 rings (SSSR count). The monoisotopic (exact) mass is 261 g/mol. The highest BCUT2D eigenvalue weighted by atomic mass is 35.5. The summed E-state index contributed by atoms with van der Waals surface area (Å²) in [4.78, 5) is 6.10. The average Bonchev–Trinajstić information content (AvgIpc) is 2.75. The van der Waals surface area contributed by atoms with Crippen LogP contribution >= 0.6 is 11.6 Å². The Bertz CT molecular complexity index is 601. The molecule has 0 bridgehead atoms. The van der Waals surface area contributed by atoms with E-state index in [0.717, 1.165) is 11.3 Å². The van der Waals surface area contributed by atoms with Crippen molar-refractivity contribution in [3.05, 3.63) is 46.5 Å². The van der Waals surface area contributed by atoms with Gasteiger partial charge in [0, 0.05) is 25.4 Å². The number of nitrogens with zero attached hydrogens (tertiary/aromatic N) is 3. The van der Waals surface area contributed by atoms with Gasteiger partial charge in [0.1, 0.15) is 22.7 Å². The first-order valence-corrected chi connectivity index (χ1v) is 5.80. The number of rotatable bonds is 3. The number of nitriles is 1. The van der Waals surface area contributed by atoms with Crippen molar-refractivity contribution in [2.24, 2.45) is 0 Å². The van der Waals surface area contributed by atoms with Gasteiger partial charge < -0.3 is 9.32 Å². The first-order chi connectivity index (χ1) is 8.63. The third-order valence-electron chi connectivity index (χ3n) is 2.73. The van der Waals surface area contributed by atoms with Crippen LogP contribution in [0.2, 0.25) is 5.02 Å². The van der Waals surface area contributed by atoms with Crippen molar-refractivity contribution in [1.29, 1.82) is 5.26 Å². The maximum absolute atomic E-state index is 8.93. The molecule has 2 aromatic heterocycles. The molecule has 0 N–H and O–H groups in total. The predicted molar refractivity (Wildman–Crippen MR) is 69.5 cm³/mol. The summed E-state index contributed by atoms with van der Waals surface area (Å²) < 4.78 is 5.24. The summed E-state index contributed by atoms with van der Waals surface area (Å²) in [6.07, 6.45) is 3.23. The second kappa shape index (κ2) is 5.11. The summed E-state index contributed by atoms with van der Waals surface area (Å²) in [5, 5.41) is 9.31. The maximum Gasteiger partial charge on any atom is 0.148 e. The Labute approximate surface area is 110 Å². The van der Waals surface area contributed by atoms with Gasteiger partial charge in [0.25, 0.3) is 0 Å². The van der Waals surface area contributed by atoms with E-state index in [2.05, 4.69) is 4.98 Å². The van der Waals surface area contributed by atoms with Gasteiger partial charge in [-0.3, -0.25) is 0 Å². The minimum absolute atomic E-state index is 0.378. The van der Waals surface area contributed by atoms with Crippen LogP contribution in [0.15, 0.2) is 29.0 Å². The molecule has 0 unspecified atom stereocenters. The topological polar surface area (TPSA) is 53.1 Å². The summed E-state index contributed by atoms with van der Waals surface area (Å²) in [6.45, 7) is 2.54. The number of aryl methyl sites for hydroxylation is 1. The number of aromatic nitrogens is 1. The second-order valence-electron chi connectivity index (χ2n) is 3.97. The third-order valence-corrected chi connectivity index (χ3v) is 3.10. The number of hydrogen-bond donors (Lipinski definition) is 0. The molecule has 0 radical (unpaired) electrons. The fourth-order valence-electron chi connectivity index (χ4n) is 1.69. The van der Waals surface area contributed by atoms with Crippen LogP contribution < -0.4 is 4.90 Å². The highest BCUT2D eigenvalue weighted by Gasteiger charge is 2.13. The van der Waals surface area contributed by atoms with Crippen molar-refractivity contribution in [2.75, 3.05) is 11.9 Å². The molecule has 4 nitrogen and oxygen atoms in total. The Morgan fingerprint density at radius 2 is 2.28 bits per heavy atom. The Hall–Kier alpha value is -1.99. The Morgan fingerprint density at radius 1 is 1.50 bits per heavy atom. The number of halogens is 1. The van der Waals surface area contributed by atoms with Crippen molar-refractivity contribution in [3.8, 4) is 6.07 Å². The van der Waals surface area contributed by atoms with Gasteiger partial charge in [-0.25, -0.2) is 4.98 Å².